The first kappa shape index (κ1) is 15.8. The molecule has 124 valence electrons. The molecule has 2 aliphatic rings. The quantitative estimate of drug-likeness (QED) is 0.791. The highest BCUT2D eigenvalue weighted by atomic mass is 19.4. The van der Waals surface area contributed by atoms with Crippen LogP contribution in [0.3, 0.4) is 0 Å². The molecule has 8 heteroatoms. The Labute approximate surface area is 131 Å². The van der Waals surface area contributed by atoms with Crippen molar-refractivity contribution in [2.75, 3.05) is 39.4 Å². The zero-order valence-electron chi connectivity index (χ0n) is 12.3. The summed E-state index contributed by atoms with van der Waals surface area (Å²) in [5.74, 6) is 0.250. The Morgan fingerprint density at radius 2 is 1.74 bits per heavy atom. The molecule has 2 heterocycles. The molecule has 2 aliphatic heterocycles. The van der Waals surface area contributed by atoms with Gasteiger partial charge in [0.25, 0.3) is 5.91 Å². The smallest absolute Gasteiger partial charge is 0.378 e. The topological polar surface area (TPSA) is 45.1 Å². The lowest BCUT2D eigenvalue weighted by Gasteiger charge is -2.32. The molecule has 0 saturated carbocycles. The third kappa shape index (κ3) is 3.31. The van der Waals surface area contributed by atoms with Crippen molar-refractivity contribution < 1.29 is 22.7 Å². The van der Waals surface area contributed by atoms with Gasteiger partial charge in [0.2, 0.25) is 5.96 Å². The van der Waals surface area contributed by atoms with Crippen molar-refractivity contribution in [2.45, 2.75) is 6.18 Å². The van der Waals surface area contributed by atoms with E-state index in [0.717, 1.165) is 12.1 Å². The second-order valence-corrected chi connectivity index (χ2v) is 5.31. The number of guanidine groups is 1. The van der Waals surface area contributed by atoms with Crippen molar-refractivity contribution in [2.24, 2.45) is 4.99 Å². The molecule has 1 aromatic rings. The van der Waals surface area contributed by atoms with E-state index in [-0.39, 0.29) is 11.5 Å². The van der Waals surface area contributed by atoms with Gasteiger partial charge in [-0.25, -0.2) is 0 Å². The number of alkyl halides is 3. The van der Waals surface area contributed by atoms with Gasteiger partial charge in [-0.1, -0.05) is 0 Å². The van der Waals surface area contributed by atoms with Crippen LogP contribution in [0.25, 0.3) is 0 Å². The van der Waals surface area contributed by atoms with E-state index in [9.17, 15) is 18.0 Å². The number of aliphatic imine (C=N–C) groups is 1. The average molecular weight is 327 g/mol. The van der Waals surface area contributed by atoms with Crippen molar-refractivity contribution in [1.29, 1.82) is 0 Å². The van der Waals surface area contributed by atoms with Crippen LogP contribution in [0, 0.1) is 0 Å². The third-order valence-corrected chi connectivity index (χ3v) is 3.82. The Morgan fingerprint density at radius 3 is 2.35 bits per heavy atom. The number of amides is 1. The number of halogens is 3. The average Bonchev–Trinajstić information content (AvgIpc) is 3.04. The molecular weight excluding hydrogens is 311 g/mol. The standard InChI is InChI=1S/C15H16F3N3O2/c16-15(17,18)12-3-1-11(2-4-12)13(22)21-6-5-19-14(21)20-7-9-23-10-8-20/h1-4H,5-10H2. The highest BCUT2D eigenvalue weighted by Crippen LogP contribution is 2.29. The number of hydrogen-bond donors (Lipinski definition) is 0. The predicted molar refractivity (Wildman–Crippen MR) is 77.2 cm³/mol. The van der Waals surface area contributed by atoms with Crippen molar-refractivity contribution in [3.05, 3.63) is 35.4 Å². The first-order valence-electron chi connectivity index (χ1n) is 7.33. The molecule has 1 aromatic carbocycles. The van der Waals surface area contributed by atoms with Gasteiger partial charge in [0, 0.05) is 25.2 Å². The minimum Gasteiger partial charge on any atom is -0.378 e. The maximum atomic E-state index is 12.6. The maximum absolute atomic E-state index is 12.6. The van der Waals surface area contributed by atoms with E-state index in [2.05, 4.69) is 4.99 Å². The van der Waals surface area contributed by atoms with Crippen molar-refractivity contribution in [3.63, 3.8) is 0 Å². The zero-order chi connectivity index (χ0) is 16.4. The molecule has 0 bridgehead atoms. The largest absolute Gasteiger partial charge is 0.416 e. The van der Waals surface area contributed by atoms with E-state index >= 15 is 0 Å². The van der Waals surface area contributed by atoms with Crippen LogP contribution in [-0.4, -0.2) is 61.1 Å². The van der Waals surface area contributed by atoms with Crippen LogP contribution in [0.2, 0.25) is 0 Å². The van der Waals surface area contributed by atoms with E-state index in [1.807, 2.05) is 4.90 Å². The lowest BCUT2D eigenvalue weighted by molar-refractivity contribution is -0.137. The van der Waals surface area contributed by atoms with E-state index in [1.165, 1.54) is 17.0 Å². The number of ether oxygens (including phenoxy) is 1. The molecule has 3 rings (SSSR count). The highest BCUT2D eigenvalue weighted by molar-refractivity contribution is 6.06. The molecule has 0 radical (unpaired) electrons. The van der Waals surface area contributed by atoms with Crippen molar-refractivity contribution in [1.82, 2.24) is 9.80 Å². The monoisotopic (exact) mass is 327 g/mol. The van der Waals surface area contributed by atoms with Gasteiger partial charge in [0.1, 0.15) is 0 Å². The lowest BCUT2D eigenvalue weighted by Crippen LogP contribution is -2.49. The number of rotatable bonds is 1. The van der Waals surface area contributed by atoms with Gasteiger partial charge < -0.3 is 9.64 Å². The number of carbonyl (C=O) groups excluding carboxylic acids is 1. The van der Waals surface area contributed by atoms with E-state index in [1.54, 1.807) is 0 Å². The molecule has 1 amide bonds. The Bertz CT molecular complexity index is 607. The Kier molecular flexibility index (Phi) is 4.25. The van der Waals surface area contributed by atoms with Gasteiger partial charge >= 0.3 is 6.18 Å². The first-order chi connectivity index (χ1) is 11.0. The summed E-state index contributed by atoms with van der Waals surface area (Å²) in [4.78, 5) is 20.4. The molecular formula is C15H16F3N3O2. The summed E-state index contributed by atoms with van der Waals surface area (Å²) in [5.41, 5.74) is -0.543. The Hall–Kier alpha value is -2.09. The van der Waals surface area contributed by atoms with Crippen LogP contribution in [0.15, 0.2) is 29.3 Å². The third-order valence-electron chi connectivity index (χ3n) is 3.82. The summed E-state index contributed by atoms with van der Waals surface area (Å²) in [6.07, 6.45) is -4.41. The van der Waals surface area contributed by atoms with Gasteiger partial charge in [0.15, 0.2) is 0 Å². The van der Waals surface area contributed by atoms with Gasteiger partial charge in [-0.2, -0.15) is 13.2 Å². The number of benzene rings is 1. The fourth-order valence-electron chi connectivity index (χ4n) is 2.62. The molecule has 23 heavy (non-hydrogen) atoms. The highest BCUT2D eigenvalue weighted by Gasteiger charge is 2.32. The summed E-state index contributed by atoms with van der Waals surface area (Å²) in [6, 6.07) is 4.27. The second kappa shape index (κ2) is 6.19. The first-order valence-corrected chi connectivity index (χ1v) is 7.33. The normalized spacial score (nSPS) is 19.0. The molecule has 0 spiro atoms. The van der Waals surface area contributed by atoms with E-state index in [0.29, 0.717) is 45.4 Å². The molecule has 5 nitrogen and oxygen atoms in total. The number of morpholine rings is 1. The number of hydrogen-bond acceptors (Lipinski definition) is 4. The number of nitrogens with zero attached hydrogens (tertiary/aromatic N) is 3. The van der Waals surface area contributed by atoms with Crippen LogP contribution >= 0.6 is 0 Å². The summed E-state index contributed by atoms with van der Waals surface area (Å²) in [7, 11) is 0. The van der Waals surface area contributed by atoms with Crippen molar-refractivity contribution in [3.8, 4) is 0 Å². The minimum absolute atomic E-state index is 0.223. The fourth-order valence-corrected chi connectivity index (χ4v) is 2.62. The molecule has 0 aromatic heterocycles. The van der Waals surface area contributed by atoms with E-state index < -0.39 is 11.7 Å². The van der Waals surface area contributed by atoms with Gasteiger partial charge in [0.05, 0.1) is 25.3 Å². The zero-order valence-corrected chi connectivity index (χ0v) is 12.3. The fraction of sp³-hybridized carbons (Fsp3) is 0.467. The molecule has 0 aliphatic carbocycles. The molecule has 0 N–H and O–H groups in total. The van der Waals surface area contributed by atoms with Crippen LogP contribution in [-0.2, 0) is 10.9 Å². The van der Waals surface area contributed by atoms with Crippen molar-refractivity contribution >= 4 is 11.9 Å². The van der Waals surface area contributed by atoms with E-state index in [4.69, 9.17) is 4.74 Å². The van der Waals surface area contributed by atoms with Gasteiger partial charge in [-0.05, 0) is 24.3 Å². The van der Waals surface area contributed by atoms with Crippen LogP contribution in [0.4, 0.5) is 13.2 Å². The van der Waals surface area contributed by atoms with Gasteiger partial charge in [-0.3, -0.25) is 14.7 Å². The summed E-state index contributed by atoms with van der Waals surface area (Å²) < 4.78 is 43.1. The summed E-state index contributed by atoms with van der Waals surface area (Å²) in [6.45, 7) is 3.37. The Balaban J connectivity index is 1.75. The predicted octanol–water partition coefficient (Wildman–Crippen LogP) is 1.85. The number of carbonyl (C=O) groups is 1. The van der Waals surface area contributed by atoms with Crippen LogP contribution in [0.5, 0.6) is 0 Å². The molecule has 1 fully saturated rings. The molecule has 0 unspecified atom stereocenters. The lowest BCUT2D eigenvalue weighted by atomic mass is 10.1. The molecule has 0 atom stereocenters. The SMILES string of the molecule is O=C(c1ccc(C(F)(F)F)cc1)N1CCN=C1N1CCOCC1. The molecule has 1 saturated heterocycles. The Morgan fingerprint density at radius 1 is 1.09 bits per heavy atom. The van der Waals surface area contributed by atoms with Crippen LogP contribution in [0.1, 0.15) is 15.9 Å². The van der Waals surface area contributed by atoms with Gasteiger partial charge in [-0.15, -0.1) is 0 Å². The summed E-state index contributed by atoms with van der Waals surface area (Å²) in [5, 5.41) is 0. The summed E-state index contributed by atoms with van der Waals surface area (Å²) >= 11 is 0. The van der Waals surface area contributed by atoms with Crippen LogP contribution < -0.4 is 0 Å². The minimum atomic E-state index is -4.41. The maximum Gasteiger partial charge on any atom is 0.416 e. The second-order valence-electron chi connectivity index (χ2n) is 5.31.